The van der Waals surface area contributed by atoms with Crippen molar-refractivity contribution in [1.29, 1.82) is 0 Å². The molecule has 1 saturated heterocycles. The first-order chi connectivity index (χ1) is 12.6. The minimum absolute atomic E-state index is 0.0601. The van der Waals surface area contributed by atoms with E-state index in [4.69, 9.17) is 9.47 Å². The Hall–Kier alpha value is -1.85. The van der Waals surface area contributed by atoms with Gasteiger partial charge in [-0.2, -0.15) is 0 Å². The summed E-state index contributed by atoms with van der Waals surface area (Å²) in [7, 11) is 0. The van der Waals surface area contributed by atoms with E-state index in [1.165, 1.54) is 0 Å². The van der Waals surface area contributed by atoms with Gasteiger partial charge in [0.15, 0.2) is 0 Å². The third-order valence-electron chi connectivity index (χ3n) is 4.84. The second-order valence-electron chi connectivity index (χ2n) is 6.46. The number of halogens is 1. The fourth-order valence-electron chi connectivity index (χ4n) is 3.40. The lowest BCUT2D eigenvalue weighted by molar-refractivity contribution is -0.130. The van der Waals surface area contributed by atoms with Crippen LogP contribution in [0.1, 0.15) is 30.9 Å². The van der Waals surface area contributed by atoms with Crippen LogP contribution in [-0.4, -0.2) is 25.7 Å². The molecule has 1 N–H and O–H groups in total. The average Bonchev–Trinajstić information content (AvgIpc) is 2.68. The maximum Gasteiger partial charge on any atom is 0.231 e. The molecular weight excluding hydrogens is 394 g/mol. The fraction of sp³-hybridized carbons (Fsp3) is 0.381. The number of carbonyl (C=O) groups is 1. The lowest BCUT2D eigenvalue weighted by Gasteiger charge is -2.36. The summed E-state index contributed by atoms with van der Waals surface area (Å²) in [5.41, 5.74) is 1.54. The molecule has 1 aliphatic heterocycles. The zero-order valence-corrected chi connectivity index (χ0v) is 16.6. The number of amides is 1. The van der Waals surface area contributed by atoms with Gasteiger partial charge in [0.05, 0.1) is 12.0 Å². The van der Waals surface area contributed by atoms with Gasteiger partial charge >= 0.3 is 0 Å². The highest BCUT2D eigenvalue weighted by atomic mass is 79.9. The van der Waals surface area contributed by atoms with Crippen molar-refractivity contribution in [2.75, 3.05) is 19.8 Å². The molecule has 26 heavy (non-hydrogen) atoms. The van der Waals surface area contributed by atoms with Gasteiger partial charge in [0.2, 0.25) is 5.91 Å². The molecule has 0 aliphatic carbocycles. The minimum atomic E-state index is -0.531. The van der Waals surface area contributed by atoms with E-state index in [0.717, 1.165) is 21.3 Å². The zero-order valence-electron chi connectivity index (χ0n) is 15.0. The molecule has 4 nitrogen and oxygen atoms in total. The number of hydrogen-bond donors (Lipinski definition) is 1. The Balaban J connectivity index is 1.76. The molecule has 1 heterocycles. The quantitative estimate of drug-likeness (QED) is 0.765. The summed E-state index contributed by atoms with van der Waals surface area (Å²) in [4.78, 5) is 13.2. The Morgan fingerprint density at radius 3 is 2.62 bits per heavy atom. The number of carbonyl (C=O) groups excluding carboxylic acids is 1. The number of rotatable bonds is 6. The van der Waals surface area contributed by atoms with E-state index in [-0.39, 0.29) is 5.91 Å². The van der Waals surface area contributed by atoms with Crippen molar-refractivity contribution >= 4 is 21.8 Å². The predicted octanol–water partition coefficient (Wildman–Crippen LogP) is 4.21. The maximum atomic E-state index is 13.2. The first-order valence-electron chi connectivity index (χ1n) is 8.98. The summed E-state index contributed by atoms with van der Waals surface area (Å²) >= 11 is 3.47. The lowest BCUT2D eigenvalue weighted by atomic mass is 9.73. The van der Waals surface area contributed by atoms with Crippen LogP contribution in [0.2, 0.25) is 0 Å². The van der Waals surface area contributed by atoms with E-state index >= 15 is 0 Å². The van der Waals surface area contributed by atoms with Gasteiger partial charge in [-0.25, -0.2) is 0 Å². The van der Waals surface area contributed by atoms with Gasteiger partial charge in [0, 0.05) is 24.2 Å². The summed E-state index contributed by atoms with van der Waals surface area (Å²) in [5.74, 6) is 0.887. The molecule has 3 rings (SSSR count). The number of ether oxygens (including phenoxy) is 2. The van der Waals surface area contributed by atoms with Crippen LogP contribution in [0.4, 0.5) is 0 Å². The Bertz CT molecular complexity index is 739. The highest BCUT2D eigenvalue weighted by Crippen LogP contribution is 2.36. The molecule has 0 bridgehead atoms. The summed E-state index contributed by atoms with van der Waals surface area (Å²) in [6, 6.07) is 15.9. The molecule has 2 aromatic carbocycles. The van der Waals surface area contributed by atoms with Crippen molar-refractivity contribution < 1.29 is 14.3 Å². The maximum absolute atomic E-state index is 13.2. The third-order valence-corrected chi connectivity index (χ3v) is 5.37. The van der Waals surface area contributed by atoms with Gasteiger partial charge in [-0.1, -0.05) is 40.2 Å². The van der Waals surface area contributed by atoms with Crippen LogP contribution in [0, 0.1) is 0 Å². The summed E-state index contributed by atoms with van der Waals surface area (Å²) < 4.78 is 12.1. The molecule has 0 saturated carbocycles. The Kier molecular flexibility index (Phi) is 6.33. The zero-order chi connectivity index (χ0) is 18.4. The van der Waals surface area contributed by atoms with E-state index < -0.39 is 5.41 Å². The largest absolute Gasteiger partial charge is 0.494 e. The fourth-order valence-corrected chi connectivity index (χ4v) is 3.66. The molecule has 1 fully saturated rings. The number of nitrogens with one attached hydrogen (secondary N) is 1. The monoisotopic (exact) mass is 417 g/mol. The van der Waals surface area contributed by atoms with Gasteiger partial charge in [-0.05, 0) is 55.2 Å². The number of hydrogen-bond acceptors (Lipinski definition) is 3. The second kappa shape index (κ2) is 8.69. The average molecular weight is 418 g/mol. The van der Waals surface area contributed by atoms with Crippen molar-refractivity contribution in [3.63, 3.8) is 0 Å². The molecule has 2 aromatic rings. The van der Waals surface area contributed by atoms with E-state index in [1.807, 2.05) is 55.5 Å². The van der Waals surface area contributed by atoms with Gasteiger partial charge in [-0.15, -0.1) is 0 Å². The molecule has 0 radical (unpaired) electrons. The van der Waals surface area contributed by atoms with Crippen LogP contribution in [0.15, 0.2) is 53.0 Å². The summed E-state index contributed by atoms with van der Waals surface area (Å²) in [6.45, 7) is 4.27. The van der Waals surface area contributed by atoms with Gasteiger partial charge in [0.1, 0.15) is 5.75 Å². The normalized spacial score (nSPS) is 16.1. The molecule has 0 atom stereocenters. The van der Waals surface area contributed by atoms with Crippen LogP contribution < -0.4 is 10.1 Å². The van der Waals surface area contributed by atoms with E-state index in [9.17, 15) is 4.79 Å². The molecular formula is C21H24BrNO3. The number of benzene rings is 2. The standard InChI is InChI=1S/C21H24BrNO3/c1-2-26-19-5-3-4-16(14-19)15-23-20(24)21(10-12-25-13-11-21)17-6-8-18(22)9-7-17/h3-9,14H,2,10-13,15H2,1H3,(H,23,24). The highest BCUT2D eigenvalue weighted by molar-refractivity contribution is 9.10. The molecule has 138 valence electrons. The smallest absolute Gasteiger partial charge is 0.231 e. The summed E-state index contributed by atoms with van der Waals surface area (Å²) in [5, 5.41) is 3.13. The summed E-state index contributed by atoms with van der Waals surface area (Å²) in [6.07, 6.45) is 1.39. The van der Waals surface area contributed by atoms with E-state index in [2.05, 4.69) is 21.2 Å². The Morgan fingerprint density at radius 1 is 1.19 bits per heavy atom. The van der Waals surface area contributed by atoms with Gasteiger partial charge in [0.25, 0.3) is 0 Å². The first-order valence-corrected chi connectivity index (χ1v) is 9.77. The predicted molar refractivity (Wildman–Crippen MR) is 105 cm³/mol. The minimum Gasteiger partial charge on any atom is -0.494 e. The first kappa shape index (κ1) is 18.9. The molecule has 0 spiro atoms. The SMILES string of the molecule is CCOc1cccc(CNC(=O)C2(c3ccc(Br)cc3)CCOCC2)c1. The van der Waals surface area contributed by atoms with Crippen molar-refractivity contribution in [2.45, 2.75) is 31.7 Å². The molecule has 1 amide bonds. The van der Waals surface area contributed by atoms with Crippen LogP contribution in [0.5, 0.6) is 5.75 Å². The van der Waals surface area contributed by atoms with Crippen molar-refractivity contribution in [2.24, 2.45) is 0 Å². The van der Waals surface area contributed by atoms with E-state index in [0.29, 0.717) is 39.2 Å². The molecule has 0 unspecified atom stereocenters. The Labute approximate surface area is 163 Å². The van der Waals surface area contributed by atoms with Crippen LogP contribution in [0.3, 0.4) is 0 Å². The topological polar surface area (TPSA) is 47.6 Å². The molecule has 0 aromatic heterocycles. The van der Waals surface area contributed by atoms with Crippen molar-refractivity contribution in [1.82, 2.24) is 5.32 Å². The Morgan fingerprint density at radius 2 is 1.92 bits per heavy atom. The molecule has 5 heteroatoms. The van der Waals surface area contributed by atoms with Gasteiger partial charge in [-0.3, -0.25) is 4.79 Å². The third kappa shape index (κ3) is 4.27. The van der Waals surface area contributed by atoms with Crippen molar-refractivity contribution in [3.8, 4) is 5.75 Å². The second-order valence-corrected chi connectivity index (χ2v) is 7.38. The lowest BCUT2D eigenvalue weighted by Crippen LogP contribution is -2.47. The van der Waals surface area contributed by atoms with Crippen LogP contribution in [0.25, 0.3) is 0 Å². The van der Waals surface area contributed by atoms with Gasteiger partial charge < -0.3 is 14.8 Å². The van der Waals surface area contributed by atoms with Crippen LogP contribution >= 0.6 is 15.9 Å². The van der Waals surface area contributed by atoms with Crippen LogP contribution in [-0.2, 0) is 21.5 Å². The molecule has 1 aliphatic rings. The van der Waals surface area contributed by atoms with Crippen molar-refractivity contribution in [3.05, 3.63) is 64.1 Å². The highest BCUT2D eigenvalue weighted by Gasteiger charge is 2.41. The van der Waals surface area contributed by atoms with E-state index in [1.54, 1.807) is 0 Å².